The summed E-state index contributed by atoms with van der Waals surface area (Å²) in [6.45, 7) is 5.45. The molecule has 0 atom stereocenters. The number of aromatic nitrogens is 2. The second-order valence-electron chi connectivity index (χ2n) is 8.29. The first kappa shape index (κ1) is 23.3. The molecule has 0 aliphatic carbocycles. The lowest BCUT2D eigenvalue weighted by Crippen LogP contribution is -2.39. The molecular weight excluding hydrogens is 454 g/mol. The van der Waals surface area contributed by atoms with Gasteiger partial charge in [-0.15, -0.1) is 0 Å². The van der Waals surface area contributed by atoms with E-state index in [0.717, 1.165) is 11.1 Å². The summed E-state index contributed by atoms with van der Waals surface area (Å²) in [7, 11) is -1.04. The molecule has 9 heteroatoms. The van der Waals surface area contributed by atoms with Crippen LogP contribution in [-0.4, -0.2) is 17.6 Å². The molecule has 4 aromatic rings. The van der Waals surface area contributed by atoms with E-state index in [0.29, 0.717) is 22.3 Å². The maximum atomic E-state index is 13.5. The first-order chi connectivity index (χ1) is 16.0. The van der Waals surface area contributed by atoms with Crippen molar-refractivity contribution in [2.75, 3.05) is 4.72 Å². The first-order valence-corrected chi connectivity index (χ1v) is 12.1. The van der Waals surface area contributed by atoms with Crippen LogP contribution in [0.2, 0.25) is 0 Å². The predicted octanol–water partition coefficient (Wildman–Crippen LogP) is 3.76. The minimum Gasteiger partial charge on any atom is -0.455 e. The summed E-state index contributed by atoms with van der Waals surface area (Å²) in [5.74, 6) is 0.678. The Morgan fingerprint density at radius 2 is 1.41 bits per heavy atom. The molecule has 0 saturated heterocycles. The normalized spacial score (nSPS) is 11.6. The number of fused-ring (bicyclic) bond motifs is 1. The summed E-state index contributed by atoms with van der Waals surface area (Å²) in [6, 6.07) is 15.5. The standard InChI is InChI=1S/C25H25N3O5S/c1-15-11-16(2)17(3)23(12-15)34(31,32)26-19-13-20-21(28(5)25(30)24(29)27(20)4)14-22(19)33-18-9-7-6-8-10-18/h6-14,26H,1-5H3. The summed E-state index contributed by atoms with van der Waals surface area (Å²) in [4.78, 5) is 24.9. The molecule has 1 N–H and O–H groups in total. The molecule has 0 amide bonds. The molecule has 0 fully saturated rings. The Balaban J connectivity index is 1.95. The van der Waals surface area contributed by atoms with E-state index in [9.17, 15) is 18.0 Å². The van der Waals surface area contributed by atoms with Crippen molar-refractivity contribution in [2.45, 2.75) is 25.7 Å². The van der Waals surface area contributed by atoms with Crippen LogP contribution in [0.1, 0.15) is 16.7 Å². The Morgan fingerprint density at radius 3 is 2.03 bits per heavy atom. The zero-order valence-electron chi connectivity index (χ0n) is 19.5. The average Bonchev–Trinajstić information content (AvgIpc) is 2.79. The van der Waals surface area contributed by atoms with E-state index >= 15 is 0 Å². The van der Waals surface area contributed by atoms with Gasteiger partial charge in [-0.25, -0.2) is 8.42 Å². The molecule has 4 rings (SSSR count). The SMILES string of the molecule is Cc1cc(C)c(C)c(S(=O)(=O)Nc2cc3c(cc2Oc2ccccc2)n(C)c(=O)c(=O)n3C)c1. The third-order valence-corrected chi connectivity index (χ3v) is 7.35. The Morgan fingerprint density at radius 1 is 0.824 bits per heavy atom. The molecule has 0 aliphatic rings. The molecule has 0 radical (unpaired) electrons. The number of aryl methyl sites for hydroxylation is 4. The number of benzene rings is 3. The van der Waals surface area contributed by atoms with Crippen molar-refractivity contribution in [1.29, 1.82) is 0 Å². The number of para-hydroxylation sites is 1. The molecule has 0 unspecified atom stereocenters. The molecule has 1 heterocycles. The Bertz CT molecular complexity index is 1650. The Labute approximate surface area is 197 Å². The number of anilines is 1. The fourth-order valence-corrected chi connectivity index (χ4v) is 5.32. The van der Waals surface area contributed by atoms with Gasteiger partial charge in [0, 0.05) is 20.2 Å². The monoisotopic (exact) mass is 479 g/mol. The van der Waals surface area contributed by atoms with Crippen molar-refractivity contribution in [3.8, 4) is 11.5 Å². The molecule has 176 valence electrons. The molecule has 0 aliphatic heterocycles. The highest BCUT2D eigenvalue weighted by Gasteiger charge is 2.22. The van der Waals surface area contributed by atoms with Crippen LogP contribution in [0.25, 0.3) is 11.0 Å². The van der Waals surface area contributed by atoms with Crippen LogP contribution in [0.15, 0.2) is 69.1 Å². The molecule has 0 spiro atoms. The molecule has 34 heavy (non-hydrogen) atoms. The number of nitrogens with one attached hydrogen (secondary N) is 1. The zero-order valence-corrected chi connectivity index (χ0v) is 20.4. The topological polar surface area (TPSA) is 99.4 Å². The van der Waals surface area contributed by atoms with Crippen LogP contribution in [0.5, 0.6) is 11.5 Å². The summed E-state index contributed by atoms with van der Waals surface area (Å²) in [5, 5.41) is 0. The maximum Gasteiger partial charge on any atom is 0.316 e. The van der Waals surface area contributed by atoms with Crippen LogP contribution in [0.4, 0.5) is 5.69 Å². The maximum absolute atomic E-state index is 13.5. The van der Waals surface area contributed by atoms with Crippen molar-refractivity contribution >= 4 is 26.7 Å². The third kappa shape index (κ3) is 4.10. The van der Waals surface area contributed by atoms with Crippen LogP contribution in [0, 0.1) is 20.8 Å². The quantitative estimate of drug-likeness (QED) is 0.440. The summed E-state index contributed by atoms with van der Waals surface area (Å²) in [6.07, 6.45) is 0. The summed E-state index contributed by atoms with van der Waals surface area (Å²) >= 11 is 0. The van der Waals surface area contributed by atoms with Gasteiger partial charge in [-0.05, 0) is 61.7 Å². The summed E-state index contributed by atoms with van der Waals surface area (Å²) in [5.41, 5.74) is 1.84. The van der Waals surface area contributed by atoms with Crippen molar-refractivity contribution in [3.05, 3.63) is 92.0 Å². The fourth-order valence-electron chi connectivity index (χ4n) is 3.86. The predicted molar refractivity (Wildman–Crippen MR) is 132 cm³/mol. The number of hydrogen-bond acceptors (Lipinski definition) is 5. The Hall–Kier alpha value is -3.85. The molecule has 8 nitrogen and oxygen atoms in total. The lowest BCUT2D eigenvalue weighted by molar-refractivity contribution is 0.485. The van der Waals surface area contributed by atoms with Gasteiger partial charge in [0.1, 0.15) is 5.75 Å². The van der Waals surface area contributed by atoms with E-state index in [1.54, 1.807) is 43.3 Å². The minimum absolute atomic E-state index is 0.142. The van der Waals surface area contributed by atoms with Crippen LogP contribution >= 0.6 is 0 Å². The van der Waals surface area contributed by atoms with Gasteiger partial charge < -0.3 is 13.9 Å². The second-order valence-corrected chi connectivity index (χ2v) is 9.94. The Kier molecular flexibility index (Phi) is 5.82. The van der Waals surface area contributed by atoms with Crippen molar-refractivity contribution in [2.24, 2.45) is 14.1 Å². The summed E-state index contributed by atoms with van der Waals surface area (Å²) < 4.78 is 38.0. The van der Waals surface area contributed by atoms with Gasteiger partial charge >= 0.3 is 11.1 Å². The van der Waals surface area contributed by atoms with E-state index in [-0.39, 0.29) is 16.3 Å². The number of ether oxygens (including phenoxy) is 1. The number of hydrogen-bond donors (Lipinski definition) is 1. The highest BCUT2D eigenvalue weighted by Crippen LogP contribution is 2.35. The van der Waals surface area contributed by atoms with Gasteiger partial charge in [0.05, 0.1) is 21.6 Å². The fraction of sp³-hybridized carbons (Fsp3) is 0.200. The van der Waals surface area contributed by atoms with Crippen LogP contribution in [-0.2, 0) is 24.1 Å². The zero-order chi connectivity index (χ0) is 24.8. The van der Waals surface area contributed by atoms with Gasteiger partial charge in [-0.1, -0.05) is 24.3 Å². The molecule has 0 saturated carbocycles. The largest absolute Gasteiger partial charge is 0.455 e. The van der Waals surface area contributed by atoms with E-state index in [2.05, 4.69) is 4.72 Å². The van der Waals surface area contributed by atoms with Gasteiger partial charge in [-0.3, -0.25) is 14.3 Å². The van der Waals surface area contributed by atoms with Crippen molar-refractivity contribution in [3.63, 3.8) is 0 Å². The lowest BCUT2D eigenvalue weighted by Gasteiger charge is -2.18. The van der Waals surface area contributed by atoms with E-state index in [1.165, 1.54) is 29.3 Å². The second kappa shape index (κ2) is 8.49. The van der Waals surface area contributed by atoms with Gasteiger partial charge in [0.15, 0.2) is 5.75 Å². The van der Waals surface area contributed by atoms with E-state index < -0.39 is 21.1 Å². The molecule has 1 aromatic heterocycles. The van der Waals surface area contributed by atoms with Crippen molar-refractivity contribution in [1.82, 2.24) is 9.13 Å². The van der Waals surface area contributed by atoms with Crippen LogP contribution < -0.4 is 20.6 Å². The number of nitrogens with zero attached hydrogens (tertiary/aromatic N) is 2. The highest BCUT2D eigenvalue weighted by molar-refractivity contribution is 7.92. The third-order valence-electron chi connectivity index (χ3n) is 5.86. The van der Waals surface area contributed by atoms with Crippen LogP contribution in [0.3, 0.4) is 0 Å². The lowest BCUT2D eigenvalue weighted by atomic mass is 10.1. The first-order valence-electron chi connectivity index (χ1n) is 10.6. The van der Waals surface area contributed by atoms with E-state index in [4.69, 9.17) is 4.74 Å². The van der Waals surface area contributed by atoms with Gasteiger partial charge in [-0.2, -0.15) is 0 Å². The molecule has 0 bridgehead atoms. The van der Waals surface area contributed by atoms with E-state index in [1.807, 2.05) is 26.0 Å². The molecule has 3 aromatic carbocycles. The van der Waals surface area contributed by atoms with Gasteiger partial charge in [0.25, 0.3) is 10.0 Å². The molecular formula is C25H25N3O5S. The highest BCUT2D eigenvalue weighted by atomic mass is 32.2. The number of rotatable bonds is 5. The van der Waals surface area contributed by atoms with Crippen molar-refractivity contribution < 1.29 is 13.2 Å². The average molecular weight is 480 g/mol. The van der Waals surface area contributed by atoms with Gasteiger partial charge in [0.2, 0.25) is 0 Å². The smallest absolute Gasteiger partial charge is 0.316 e. The number of sulfonamides is 1. The minimum atomic E-state index is -4.00.